The summed E-state index contributed by atoms with van der Waals surface area (Å²) in [5, 5.41) is 20.9. The number of benzene rings is 1. The van der Waals surface area contributed by atoms with E-state index in [-0.39, 0.29) is 35.6 Å². The van der Waals surface area contributed by atoms with Gasteiger partial charge in [0.2, 0.25) is 3.61 Å². The number of pyridine rings is 1. The van der Waals surface area contributed by atoms with E-state index in [0.717, 1.165) is 0 Å². The number of nitrogens with zero attached hydrogens (tertiary/aromatic N) is 4. The van der Waals surface area contributed by atoms with E-state index in [1.165, 1.54) is 4.57 Å². The molecule has 5 rings (SSSR count). The van der Waals surface area contributed by atoms with E-state index in [4.69, 9.17) is 14.7 Å². The lowest BCUT2D eigenvalue weighted by Gasteiger charge is -2.27. The van der Waals surface area contributed by atoms with Crippen molar-refractivity contribution in [2.24, 2.45) is 0 Å². The number of fused-ring (bicyclic) bond motifs is 5. The van der Waals surface area contributed by atoms with Crippen LogP contribution in [0.3, 0.4) is 0 Å². The molecular weight excluding hydrogens is 503 g/mol. The molecule has 0 saturated heterocycles. The Bertz CT molecular complexity index is 1320. The predicted octanol–water partition coefficient (Wildman–Crippen LogP) is 1.22. The second-order valence-corrected chi connectivity index (χ2v) is 9.26. The fourth-order valence-corrected chi connectivity index (χ4v) is 4.60. The summed E-state index contributed by atoms with van der Waals surface area (Å²) in [4.78, 5) is 36.5. The van der Waals surface area contributed by atoms with Crippen molar-refractivity contribution < 1.29 is 19.7 Å². The van der Waals surface area contributed by atoms with Crippen molar-refractivity contribution in [2.75, 3.05) is 14.1 Å². The number of phenols is 1. The van der Waals surface area contributed by atoms with Gasteiger partial charge in [-0.25, -0.2) is 14.8 Å². The molecule has 2 aliphatic rings. The van der Waals surface area contributed by atoms with Crippen LogP contribution in [-0.2, 0) is 32.8 Å². The van der Waals surface area contributed by atoms with Crippen molar-refractivity contribution in [3.8, 4) is 17.1 Å². The molecule has 0 aliphatic carbocycles. The molecule has 30 heavy (non-hydrogen) atoms. The Balaban J connectivity index is 1.75. The largest absolute Gasteiger partial charge is 0.508 e. The third-order valence-corrected chi connectivity index (χ3v) is 6.41. The summed E-state index contributed by atoms with van der Waals surface area (Å²) in [6.07, 6.45) is 0. The van der Waals surface area contributed by atoms with E-state index in [1.807, 2.05) is 19.0 Å². The molecule has 10 heteroatoms. The number of aliphatic hydroxyl groups is 1. The van der Waals surface area contributed by atoms with E-state index in [1.54, 1.807) is 40.8 Å². The number of ether oxygens (including phenoxy) is 1. The van der Waals surface area contributed by atoms with Crippen molar-refractivity contribution in [3.05, 3.63) is 50.9 Å². The molecule has 0 unspecified atom stereocenters. The van der Waals surface area contributed by atoms with Gasteiger partial charge in [0.05, 0.1) is 34.5 Å². The highest BCUT2D eigenvalue weighted by atomic mass is 127. The lowest BCUT2D eigenvalue weighted by atomic mass is 10.0. The molecule has 9 nitrogen and oxygen atoms in total. The maximum absolute atomic E-state index is 13.1. The number of cyclic esters (lactones) is 1. The summed E-state index contributed by atoms with van der Waals surface area (Å²) >= 11 is 1.59. The lowest BCUT2D eigenvalue weighted by molar-refractivity contribution is -0.159. The van der Waals surface area contributed by atoms with Crippen LogP contribution in [0.5, 0.6) is 5.75 Å². The second-order valence-electron chi connectivity index (χ2n) is 7.70. The number of halogens is 1. The highest BCUT2D eigenvalue weighted by Crippen LogP contribution is 2.40. The van der Waals surface area contributed by atoms with Crippen LogP contribution in [0.15, 0.2) is 23.0 Å². The van der Waals surface area contributed by atoms with Gasteiger partial charge in [0.15, 0.2) is 0 Å². The fraction of sp³-hybridized carbons (Fsp3) is 0.300. The molecule has 3 aromatic rings. The molecule has 0 saturated carbocycles. The summed E-state index contributed by atoms with van der Waals surface area (Å²) in [5.74, 6) is -0.661. The van der Waals surface area contributed by atoms with Gasteiger partial charge in [-0.3, -0.25) is 4.79 Å². The lowest BCUT2D eigenvalue weighted by Crippen LogP contribution is -2.40. The minimum absolute atomic E-state index is 0.138. The van der Waals surface area contributed by atoms with Crippen molar-refractivity contribution in [1.82, 2.24) is 19.4 Å². The highest BCUT2D eigenvalue weighted by Gasteiger charge is 2.44. The number of aromatic hydroxyl groups is 1. The number of carbonyl (C=O) groups excluding carboxylic acids is 1. The van der Waals surface area contributed by atoms with Gasteiger partial charge < -0.3 is 24.4 Å². The Kier molecular flexibility index (Phi) is 4.18. The van der Waals surface area contributed by atoms with Crippen molar-refractivity contribution in [2.45, 2.75) is 23.3 Å². The maximum Gasteiger partial charge on any atom is 0.353 e. The van der Waals surface area contributed by atoms with E-state index >= 15 is 0 Å². The molecule has 0 bridgehead atoms. The van der Waals surface area contributed by atoms with Crippen LogP contribution in [0.25, 0.3) is 22.4 Å². The normalized spacial score (nSPS) is 19.6. The molecule has 2 N–H and O–H groups in total. The number of alkyl halides is 1. The first-order chi connectivity index (χ1) is 14.2. The zero-order chi connectivity index (χ0) is 21.4. The summed E-state index contributed by atoms with van der Waals surface area (Å²) in [7, 11) is 3.79. The van der Waals surface area contributed by atoms with Gasteiger partial charge in [-0.1, -0.05) is 0 Å². The van der Waals surface area contributed by atoms with Crippen LogP contribution >= 0.6 is 22.6 Å². The predicted molar refractivity (Wildman–Crippen MR) is 115 cm³/mol. The van der Waals surface area contributed by atoms with E-state index in [2.05, 4.69) is 0 Å². The zero-order valence-electron chi connectivity index (χ0n) is 16.1. The van der Waals surface area contributed by atoms with Crippen LogP contribution < -0.4 is 5.56 Å². The van der Waals surface area contributed by atoms with Crippen molar-refractivity contribution in [3.63, 3.8) is 0 Å². The first-order valence-electron chi connectivity index (χ1n) is 9.20. The maximum atomic E-state index is 13.1. The number of esters is 1. The number of hydrogen-bond donors (Lipinski definition) is 2. The van der Waals surface area contributed by atoms with E-state index in [0.29, 0.717) is 40.2 Å². The summed E-state index contributed by atoms with van der Waals surface area (Å²) in [6.45, 7) is 0.516. The highest BCUT2D eigenvalue weighted by molar-refractivity contribution is 14.1. The number of rotatable bonds is 2. The second kappa shape index (κ2) is 6.46. The zero-order valence-corrected chi connectivity index (χ0v) is 18.3. The Morgan fingerprint density at radius 1 is 1.30 bits per heavy atom. The van der Waals surface area contributed by atoms with Crippen LogP contribution in [0.4, 0.5) is 0 Å². The SMILES string of the molecule is CN(C)Cc1c(O)ccc2nc3c(nc12)Cn1c-3cc2c(c1=O)COC(=O)[C@]2(O)I. The Hall–Kier alpha value is -2.57. The smallest absolute Gasteiger partial charge is 0.353 e. The molecule has 1 atom stereocenters. The number of aromatic nitrogens is 3. The van der Waals surface area contributed by atoms with Crippen LogP contribution in [0.1, 0.15) is 22.4 Å². The monoisotopic (exact) mass is 520 g/mol. The Morgan fingerprint density at radius 3 is 2.80 bits per heavy atom. The molecule has 4 heterocycles. The van der Waals surface area contributed by atoms with Gasteiger partial charge in [-0.2, -0.15) is 0 Å². The van der Waals surface area contributed by atoms with Crippen molar-refractivity contribution in [1.29, 1.82) is 0 Å². The third-order valence-electron chi connectivity index (χ3n) is 5.39. The minimum Gasteiger partial charge on any atom is -0.508 e. The quantitative estimate of drug-likeness (QED) is 0.230. The topological polar surface area (TPSA) is 118 Å². The van der Waals surface area contributed by atoms with Gasteiger partial charge in [0, 0.05) is 17.7 Å². The molecular formula is C20H17IN4O5. The average Bonchev–Trinajstić information content (AvgIpc) is 3.04. The first-order valence-corrected chi connectivity index (χ1v) is 10.3. The number of carbonyl (C=O) groups is 1. The molecule has 154 valence electrons. The van der Waals surface area contributed by atoms with Gasteiger partial charge in [-0.15, -0.1) is 0 Å². The van der Waals surface area contributed by atoms with E-state index in [9.17, 15) is 19.8 Å². The standard InChI is InChI=1S/C20H17IN4O5/c1-24(2)6-9-15(26)4-3-12-16(9)23-13-7-25-14(17(13)22-12)5-11-10(18(25)27)8-30-19(28)20(11,21)29/h3-5,26,29H,6-8H2,1-2H3/t20-/m0/s1. The van der Waals surface area contributed by atoms with Crippen LogP contribution in [-0.4, -0.2) is 49.7 Å². The minimum atomic E-state index is -1.93. The number of hydrogen-bond acceptors (Lipinski definition) is 8. The molecule has 2 aromatic heterocycles. The van der Waals surface area contributed by atoms with Gasteiger partial charge in [0.1, 0.15) is 18.1 Å². The Morgan fingerprint density at radius 2 is 2.07 bits per heavy atom. The molecule has 1 aromatic carbocycles. The van der Waals surface area contributed by atoms with Gasteiger partial charge in [-0.05, 0) is 54.9 Å². The van der Waals surface area contributed by atoms with Gasteiger partial charge in [0.25, 0.3) is 5.56 Å². The summed E-state index contributed by atoms with van der Waals surface area (Å²) in [5.41, 5.74) is 3.58. The molecule has 0 fully saturated rings. The third kappa shape index (κ3) is 2.67. The molecule has 0 radical (unpaired) electrons. The van der Waals surface area contributed by atoms with E-state index < -0.39 is 9.58 Å². The summed E-state index contributed by atoms with van der Waals surface area (Å²) < 4.78 is 4.59. The Labute approximate surface area is 184 Å². The molecule has 0 amide bonds. The molecule has 0 spiro atoms. The molecule has 2 aliphatic heterocycles. The summed E-state index contributed by atoms with van der Waals surface area (Å²) in [6, 6.07) is 4.89. The van der Waals surface area contributed by atoms with Crippen molar-refractivity contribution >= 4 is 39.6 Å². The van der Waals surface area contributed by atoms with Gasteiger partial charge >= 0.3 is 5.97 Å². The first kappa shape index (κ1) is 19.4. The average molecular weight is 520 g/mol. The van der Waals surface area contributed by atoms with Crippen LogP contribution in [0, 0.1) is 0 Å². The number of phenolic OH excluding ortho intramolecular Hbond substituents is 1. The fourth-order valence-electron chi connectivity index (χ4n) is 3.96. The van der Waals surface area contributed by atoms with Crippen LogP contribution in [0.2, 0.25) is 0 Å².